The molecule has 0 radical (unpaired) electrons. The van der Waals surface area contributed by atoms with E-state index in [0.29, 0.717) is 12.2 Å². The number of aromatic nitrogens is 3. The molecule has 0 aliphatic heterocycles. The van der Waals surface area contributed by atoms with Gasteiger partial charge in [-0.3, -0.25) is 9.67 Å². The average molecular weight is 274 g/mol. The highest BCUT2D eigenvalue weighted by molar-refractivity contribution is 5.93. The summed E-state index contributed by atoms with van der Waals surface area (Å²) in [7, 11) is 0. The molecule has 0 bridgehead atoms. The summed E-state index contributed by atoms with van der Waals surface area (Å²) in [6.45, 7) is 5.49. The van der Waals surface area contributed by atoms with Crippen molar-refractivity contribution in [2.24, 2.45) is 0 Å². The Morgan fingerprint density at radius 2 is 2.25 bits per heavy atom. The van der Waals surface area contributed by atoms with Gasteiger partial charge in [-0.15, -0.1) is 0 Å². The number of nitrogens with one attached hydrogen (secondary N) is 1. The maximum Gasteiger partial charge on any atom is 0.339 e. The third kappa shape index (κ3) is 3.34. The Labute approximate surface area is 117 Å². The minimum absolute atomic E-state index is 0.193. The summed E-state index contributed by atoms with van der Waals surface area (Å²) < 4.78 is 1.96. The predicted octanol–water partition coefficient (Wildman–Crippen LogP) is 2.10. The lowest BCUT2D eigenvalue weighted by Crippen LogP contribution is -2.11. The molecule has 0 amide bonds. The molecule has 2 aromatic heterocycles. The van der Waals surface area contributed by atoms with E-state index in [-0.39, 0.29) is 5.56 Å². The van der Waals surface area contributed by atoms with Crippen LogP contribution < -0.4 is 5.32 Å². The molecule has 106 valence electrons. The normalized spacial score (nSPS) is 10.5. The Morgan fingerprint density at radius 3 is 2.90 bits per heavy atom. The molecule has 0 atom stereocenters. The van der Waals surface area contributed by atoms with Gasteiger partial charge in [0.15, 0.2) is 0 Å². The Morgan fingerprint density at radius 1 is 1.45 bits per heavy atom. The van der Waals surface area contributed by atoms with Gasteiger partial charge in [0, 0.05) is 31.2 Å². The topological polar surface area (TPSA) is 80.0 Å². The third-order valence-electron chi connectivity index (χ3n) is 3.02. The Bertz CT molecular complexity index is 607. The van der Waals surface area contributed by atoms with Gasteiger partial charge in [-0.05, 0) is 32.4 Å². The van der Waals surface area contributed by atoms with Crippen LogP contribution in [0.1, 0.15) is 28.2 Å². The zero-order valence-corrected chi connectivity index (χ0v) is 11.6. The van der Waals surface area contributed by atoms with Crippen LogP contribution in [0.25, 0.3) is 0 Å². The number of hydrogen-bond donors (Lipinski definition) is 2. The summed E-state index contributed by atoms with van der Waals surface area (Å²) in [5.41, 5.74) is 2.94. The Kier molecular flexibility index (Phi) is 4.34. The van der Waals surface area contributed by atoms with Crippen molar-refractivity contribution in [2.75, 3.05) is 11.9 Å². The first kappa shape index (κ1) is 14.0. The van der Waals surface area contributed by atoms with Gasteiger partial charge in [0.25, 0.3) is 0 Å². The van der Waals surface area contributed by atoms with E-state index in [1.807, 2.05) is 24.6 Å². The number of carbonyl (C=O) groups is 1. The molecule has 0 fully saturated rings. The summed E-state index contributed by atoms with van der Waals surface area (Å²) in [6, 6.07) is 3.71. The van der Waals surface area contributed by atoms with Crippen LogP contribution in [0.3, 0.4) is 0 Å². The third-order valence-corrected chi connectivity index (χ3v) is 3.02. The monoisotopic (exact) mass is 274 g/mol. The van der Waals surface area contributed by atoms with E-state index in [4.69, 9.17) is 5.11 Å². The highest BCUT2D eigenvalue weighted by Gasteiger charge is 2.09. The molecule has 0 spiro atoms. The maximum atomic E-state index is 11.0. The lowest BCUT2D eigenvalue weighted by atomic mass is 10.2. The second-order valence-corrected chi connectivity index (χ2v) is 4.66. The number of aromatic carboxylic acids is 1. The summed E-state index contributed by atoms with van der Waals surface area (Å²) in [6.07, 6.45) is 3.80. The van der Waals surface area contributed by atoms with Crippen LogP contribution in [0.4, 0.5) is 5.69 Å². The zero-order chi connectivity index (χ0) is 14.5. The van der Waals surface area contributed by atoms with Crippen LogP contribution in [-0.4, -0.2) is 32.4 Å². The molecule has 2 N–H and O–H groups in total. The lowest BCUT2D eigenvalue weighted by Gasteiger charge is -2.09. The van der Waals surface area contributed by atoms with Crippen molar-refractivity contribution in [3.8, 4) is 0 Å². The smallest absolute Gasteiger partial charge is 0.339 e. The van der Waals surface area contributed by atoms with Gasteiger partial charge in [0.05, 0.1) is 11.4 Å². The van der Waals surface area contributed by atoms with Gasteiger partial charge in [-0.25, -0.2) is 4.79 Å². The molecule has 0 saturated heterocycles. The molecule has 6 heteroatoms. The van der Waals surface area contributed by atoms with Crippen LogP contribution in [0.2, 0.25) is 0 Å². The largest absolute Gasteiger partial charge is 0.478 e. The van der Waals surface area contributed by atoms with Crippen molar-refractivity contribution >= 4 is 11.7 Å². The second kappa shape index (κ2) is 6.18. The number of anilines is 1. The van der Waals surface area contributed by atoms with Gasteiger partial charge in [0.1, 0.15) is 5.56 Å². The number of nitrogens with zero attached hydrogens (tertiary/aromatic N) is 3. The zero-order valence-electron chi connectivity index (χ0n) is 11.6. The fourth-order valence-corrected chi connectivity index (χ4v) is 2.07. The molecule has 0 aliphatic rings. The summed E-state index contributed by atoms with van der Waals surface area (Å²) in [4.78, 5) is 14.9. The van der Waals surface area contributed by atoms with Crippen LogP contribution in [0, 0.1) is 13.8 Å². The van der Waals surface area contributed by atoms with Gasteiger partial charge in [0.2, 0.25) is 0 Å². The van der Waals surface area contributed by atoms with E-state index in [1.54, 1.807) is 12.3 Å². The molecule has 0 aliphatic carbocycles. The molecule has 6 nitrogen and oxygen atoms in total. The van der Waals surface area contributed by atoms with Crippen LogP contribution >= 0.6 is 0 Å². The molecular weight excluding hydrogens is 256 g/mol. The van der Waals surface area contributed by atoms with Crippen molar-refractivity contribution in [3.63, 3.8) is 0 Å². The second-order valence-electron chi connectivity index (χ2n) is 4.66. The van der Waals surface area contributed by atoms with E-state index in [0.717, 1.165) is 24.4 Å². The number of rotatable bonds is 6. The highest BCUT2D eigenvalue weighted by Crippen LogP contribution is 2.13. The standard InChI is InChI=1S/C14H18N4O2/c1-10-8-11(2)18(17-10)7-3-5-16-13-4-6-15-9-12(13)14(19)20/h4,6,8-9H,3,5,7H2,1-2H3,(H,15,16)(H,19,20). The highest BCUT2D eigenvalue weighted by atomic mass is 16.4. The van der Waals surface area contributed by atoms with E-state index in [9.17, 15) is 4.79 Å². The number of aryl methyl sites for hydroxylation is 3. The minimum atomic E-state index is -0.973. The molecule has 2 heterocycles. The number of pyridine rings is 1. The fraction of sp³-hybridized carbons (Fsp3) is 0.357. The van der Waals surface area contributed by atoms with E-state index in [1.165, 1.54) is 6.20 Å². The first-order valence-corrected chi connectivity index (χ1v) is 6.50. The first-order chi connectivity index (χ1) is 9.58. The van der Waals surface area contributed by atoms with Crippen LogP contribution in [-0.2, 0) is 6.54 Å². The fourth-order valence-electron chi connectivity index (χ4n) is 2.07. The molecular formula is C14H18N4O2. The van der Waals surface area contributed by atoms with Crippen molar-refractivity contribution in [1.29, 1.82) is 0 Å². The molecule has 2 rings (SSSR count). The quantitative estimate of drug-likeness (QED) is 0.788. The molecule has 0 unspecified atom stereocenters. The molecule has 2 aromatic rings. The van der Waals surface area contributed by atoms with Crippen LogP contribution in [0.5, 0.6) is 0 Å². The van der Waals surface area contributed by atoms with Gasteiger partial charge < -0.3 is 10.4 Å². The summed E-state index contributed by atoms with van der Waals surface area (Å²) >= 11 is 0. The predicted molar refractivity (Wildman–Crippen MR) is 76.0 cm³/mol. The van der Waals surface area contributed by atoms with E-state index in [2.05, 4.69) is 15.4 Å². The number of carboxylic acid groups (broad SMARTS) is 1. The Balaban J connectivity index is 1.88. The minimum Gasteiger partial charge on any atom is -0.478 e. The van der Waals surface area contributed by atoms with Gasteiger partial charge in [-0.1, -0.05) is 0 Å². The van der Waals surface area contributed by atoms with E-state index >= 15 is 0 Å². The van der Waals surface area contributed by atoms with Crippen molar-refractivity contribution in [2.45, 2.75) is 26.8 Å². The summed E-state index contributed by atoms with van der Waals surface area (Å²) in [5, 5.41) is 16.6. The van der Waals surface area contributed by atoms with Crippen molar-refractivity contribution < 1.29 is 9.90 Å². The number of carboxylic acids is 1. The number of hydrogen-bond acceptors (Lipinski definition) is 4. The van der Waals surface area contributed by atoms with E-state index < -0.39 is 5.97 Å². The van der Waals surface area contributed by atoms with Crippen molar-refractivity contribution in [1.82, 2.24) is 14.8 Å². The SMILES string of the molecule is Cc1cc(C)n(CCCNc2ccncc2C(=O)O)n1. The molecule has 0 saturated carbocycles. The molecule has 0 aromatic carbocycles. The molecule has 20 heavy (non-hydrogen) atoms. The lowest BCUT2D eigenvalue weighted by molar-refractivity contribution is 0.0697. The van der Waals surface area contributed by atoms with Gasteiger partial charge >= 0.3 is 5.97 Å². The first-order valence-electron chi connectivity index (χ1n) is 6.50. The van der Waals surface area contributed by atoms with Crippen molar-refractivity contribution in [3.05, 3.63) is 41.5 Å². The van der Waals surface area contributed by atoms with Crippen LogP contribution in [0.15, 0.2) is 24.5 Å². The average Bonchev–Trinajstić information content (AvgIpc) is 2.73. The van der Waals surface area contributed by atoms with Gasteiger partial charge in [-0.2, -0.15) is 5.10 Å². The maximum absolute atomic E-state index is 11.0. The Hall–Kier alpha value is -2.37. The summed E-state index contributed by atoms with van der Waals surface area (Å²) in [5.74, 6) is -0.973.